The number of nitrogens with one attached hydrogen (secondary N) is 1. The molecule has 1 aliphatic rings. The number of aromatic nitrogens is 2. The van der Waals surface area contributed by atoms with E-state index in [1.807, 2.05) is 0 Å². The van der Waals surface area contributed by atoms with Gasteiger partial charge >= 0.3 is 0 Å². The second-order valence-corrected chi connectivity index (χ2v) is 5.73. The number of hydrogen-bond acceptors (Lipinski definition) is 2. The molecule has 0 aliphatic carbocycles. The lowest BCUT2D eigenvalue weighted by molar-refractivity contribution is 0.0306. The number of rotatable bonds is 1. The summed E-state index contributed by atoms with van der Waals surface area (Å²) in [6.45, 7) is 6.03. The molecule has 2 heterocycles. The molecule has 1 fully saturated rings. The summed E-state index contributed by atoms with van der Waals surface area (Å²) in [6, 6.07) is 6.36. The molecule has 0 atom stereocenters. The molecule has 3 rings (SSSR count). The van der Waals surface area contributed by atoms with E-state index in [4.69, 9.17) is 17.0 Å². The van der Waals surface area contributed by atoms with Gasteiger partial charge in [0.1, 0.15) is 0 Å². The van der Waals surface area contributed by atoms with Crippen LogP contribution in [0.3, 0.4) is 0 Å². The summed E-state index contributed by atoms with van der Waals surface area (Å²) in [6.07, 6.45) is 2.03. The fourth-order valence-corrected chi connectivity index (χ4v) is 3.26. The monoisotopic (exact) mass is 262 g/mol. The first-order valence-corrected chi connectivity index (χ1v) is 6.81. The Hall–Kier alpha value is -1.13. The molecular weight excluding hydrogens is 244 g/mol. The van der Waals surface area contributed by atoms with Crippen molar-refractivity contribution in [1.82, 2.24) is 9.55 Å². The van der Waals surface area contributed by atoms with Gasteiger partial charge in [-0.05, 0) is 50.5 Å². The minimum absolute atomic E-state index is 0.0708. The number of para-hydroxylation sites is 1. The number of aromatic amines is 1. The van der Waals surface area contributed by atoms with Crippen molar-refractivity contribution in [3.8, 4) is 0 Å². The van der Waals surface area contributed by atoms with Crippen molar-refractivity contribution in [2.24, 2.45) is 0 Å². The van der Waals surface area contributed by atoms with Crippen LogP contribution in [0.25, 0.3) is 11.0 Å². The van der Waals surface area contributed by atoms with Gasteiger partial charge in [-0.1, -0.05) is 12.1 Å². The Morgan fingerprint density at radius 3 is 2.78 bits per heavy atom. The van der Waals surface area contributed by atoms with Crippen LogP contribution >= 0.6 is 12.2 Å². The van der Waals surface area contributed by atoms with Crippen molar-refractivity contribution in [3.05, 3.63) is 28.5 Å². The van der Waals surface area contributed by atoms with Crippen molar-refractivity contribution in [2.45, 2.75) is 32.2 Å². The molecule has 1 aromatic carbocycles. The molecule has 4 heteroatoms. The van der Waals surface area contributed by atoms with E-state index in [-0.39, 0.29) is 5.54 Å². The predicted octanol–water partition coefficient (Wildman–Crippen LogP) is 3.53. The highest BCUT2D eigenvalue weighted by Gasteiger charge is 2.31. The summed E-state index contributed by atoms with van der Waals surface area (Å²) in [5.41, 5.74) is 3.69. The Kier molecular flexibility index (Phi) is 2.79. The molecule has 0 amide bonds. The number of H-pyrrole nitrogens is 1. The molecule has 2 aromatic rings. The molecule has 96 valence electrons. The third-order valence-electron chi connectivity index (χ3n) is 4.04. The van der Waals surface area contributed by atoms with Crippen molar-refractivity contribution in [2.75, 3.05) is 13.2 Å². The Labute approximate surface area is 112 Å². The predicted molar refractivity (Wildman–Crippen MR) is 75.6 cm³/mol. The number of aryl methyl sites for hydroxylation is 1. The van der Waals surface area contributed by atoms with Gasteiger partial charge < -0.3 is 14.3 Å². The molecule has 3 nitrogen and oxygen atoms in total. The van der Waals surface area contributed by atoms with Gasteiger partial charge in [-0.2, -0.15) is 0 Å². The standard InChI is InChI=1S/C14H18N2OS/c1-10-4-3-5-11-12(10)15-13(18)16(11)14(2)6-8-17-9-7-14/h3-5H,6-9H2,1-2H3,(H,15,18). The highest BCUT2D eigenvalue weighted by molar-refractivity contribution is 7.71. The Morgan fingerprint density at radius 2 is 2.06 bits per heavy atom. The molecule has 0 saturated carbocycles. The van der Waals surface area contributed by atoms with E-state index in [1.165, 1.54) is 11.1 Å². The minimum atomic E-state index is 0.0708. The number of fused-ring (bicyclic) bond motifs is 1. The van der Waals surface area contributed by atoms with Crippen LogP contribution in [0.2, 0.25) is 0 Å². The van der Waals surface area contributed by atoms with Crippen LogP contribution in [0.15, 0.2) is 18.2 Å². The van der Waals surface area contributed by atoms with E-state index < -0.39 is 0 Å². The zero-order valence-corrected chi connectivity index (χ0v) is 11.6. The van der Waals surface area contributed by atoms with E-state index in [0.717, 1.165) is 36.3 Å². The van der Waals surface area contributed by atoms with Crippen molar-refractivity contribution < 1.29 is 4.74 Å². The molecule has 18 heavy (non-hydrogen) atoms. The highest BCUT2D eigenvalue weighted by atomic mass is 32.1. The lowest BCUT2D eigenvalue weighted by atomic mass is 9.92. The number of hydrogen-bond donors (Lipinski definition) is 1. The van der Waals surface area contributed by atoms with E-state index in [0.29, 0.717) is 0 Å². The Morgan fingerprint density at radius 1 is 1.33 bits per heavy atom. The van der Waals surface area contributed by atoms with Crippen LogP contribution in [0, 0.1) is 11.7 Å². The maximum Gasteiger partial charge on any atom is 0.178 e. The van der Waals surface area contributed by atoms with E-state index in [9.17, 15) is 0 Å². The third kappa shape index (κ3) is 1.71. The molecule has 1 saturated heterocycles. The van der Waals surface area contributed by atoms with Gasteiger partial charge in [-0.25, -0.2) is 0 Å². The minimum Gasteiger partial charge on any atom is -0.381 e. The second-order valence-electron chi connectivity index (χ2n) is 5.34. The van der Waals surface area contributed by atoms with Gasteiger partial charge in [0.15, 0.2) is 4.77 Å². The average Bonchev–Trinajstić information content (AvgIpc) is 2.68. The van der Waals surface area contributed by atoms with E-state index >= 15 is 0 Å². The lowest BCUT2D eigenvalue weighted by Gasteiger charge is -2.35. The van der Waals surface area contributed by atoms with Crippen LogP contribution in [-0.4, -0.2) is 22.8 Å². The van der Waals surface area contributed by atoms with Crippen molar-refractivity contribution in [3.63, 3.8) is 0 Å². The molecule has 1 aromatic heterocycles. The van der Waals surface area contributed by atoms with E-state index in [1.54, 1.807) is 0 Å². The summed E-state index contributed by atoms with van der Waals surface area (Å²) in [4.78, 5) is 3.35. The number of imidazole rings is 1. The average molecular weight is 262 g/mol. The number of benzene rings is 1. The molecule has 1 N–H and O–H groups in total. The topological polar surface area (TPSA) is 29.9 Å². The van der Waals surface area contributed by atoms with Gasteiger partial charge in [-0.3, -0.25) is 0 Å². The summed E-state index contributed by atoms with van der Waals surface area (Å²) in [5, 5.41) is 0. The molecule has 0 spiro atoms. The van der Waals surface area contributed by atoms with Gasteiger partial charge in [-0.15, -0.1) is 0 Å². The van der Waals surface area contributed by atoms with Gasteiger partial charge in [0, 0.05) is 18.8 Å². The van der Waals surface area contributed by atoms with E-state index in [2.05, 4.69) is 41.6 Å². The van der Waals surface area contributed by atoms with Crippen molar-refractivity contribution in [1.29, 1.82) is 0 Å². The number of nitrogens with zero attached hydrogens (tertiary/aromatic N) is 1. The molecular formula is C14H18N2OS. The molecule has 1 aliphatic heterocycles. The van der Waals surface area contributed by atoms with Crippen molar-refractivity contribution >= 4 is 23.3 Å². The summed E-state index contributed by atoms with van der Waals surface area (Å²) < 4.78 is 8.59. The molecule has 0 unspecified atom stereocenters. The van der Waals surface area contributed by atoms with Crippen LogP contribution in [0.1, 0.15) is 25.3 Å². The quantitative estimate of drug-likeness (QED) is 0.797. The first-order chi connectivity index (χ1) is 8.62. The van der Waals surface area contributed by atoms with Gasteiger partial charge in [0.25, 0.3) is 0 Å². The third-order valence-corrected chi connectivity index (χ3v) is 4.32. The fraction of sp³-hybridized carbons (Fsp3) is 0.500. The maximum atomic E-state index is 5.53. The summed E-state index contributed by atoms with van der Waals surface area (Å²) in [7, 11) is 0. The van der Waals surface area contributed by atoms with Crippen LogP contribution in [0.4, 0.5) is 0 Å². The van der Waals surface area contributed by atoms with Gasteiger partial charge in [0.2, 0.25) is 0 Å². The van der Waals surface area contributed by atoms with Crippen LogP contribution in [0.5, 0.6) is 0 Å². The SMILES string of the molecule is Cc1cccc2c1[nH]c(=S)n2C1(C)CCOCC1. The zero-order chi connectivity index (χ0) is 12.8. The zero-order valence-electron chi connectivity index (χ0n) is 10.8. The maximum absolute atomic E-state index is 5.53. The van der Waals surface area contributed by atoms with Gasteiger partial charge in [0.05, 0.1) is 11.0 Å². The normalized spacial score (nSPS) is 19.2. The Bertz CT molecular complexity index is 635. The summed E-state index contributed by atoms with van der Waals surface area (Å²) >= 11 is 5.53. The first kappa shape index (κ1) is 11.9. The molecule has 0 radical (unpaired) electrons. The highest BCUT2D eigenvalue weighted by Crippen LogP contribution is 2.33. The second kappa shape index (κ2) is 4.21. The van der Waals surface area contributed by atoms with Crippen LogP contribution in [-0.2, 0) is 10.3 Å². The fourth-order valence-electron chi connectivity index (χ4n) is 2.84. The summed E-state index contributed by atoms with van der Waals surface area (Å²) in [5.74, 6) is 0. The molecule has 0 bridgehead atoms. The number of ether oxygens (including phenoxy) is 1. The smallest absolute Gasteiger partial charge is 0.178 e. The lowest BCUT2D eigenvalue weighted by Crippen LogP contribution is -2.36. The largest absolute Gasteiger partial charge is 0.381 e. The Balaban J connectivity index is 2.25. The van der Waals surface area contributed by atoms with Crippen LogP contribution < -0.4 is 0 Å². The first-order valence-electron chi connectivity index (χ1n) is 6.40.